The lowest BCUT2D eigenvalue weighted by Crippen LogP contribution is -2.47. The predicted molar refractivity (Wildman–Crippen MR) is 89.0 cm³/mol. The Balaban J connectivity index is 1.33. The second-order valence-corrected chi connectivity index (χ2v) is 6.49. The first-order valence-corrected chi connectivity index (χ1v) is 8.69. The summed E-state index contributed by atoms with van der Waals surface area (Å²) < 4.78 is 10.9. The lowest BCUT2D eigenvalue weighted by atomic mass is 9.93. The number of hydrogen-bond acceptors (Lipinski definition) is 5. The van der Waals surface area contributed by atoms with Crippen molar-refractivity contribution in [2.45, 2.75) is 31.8 Å². The van der Waals surface area contributed by atoms with E-state index >= 15 is 0 Å². The van der Waals surface area contributed by atoms with Gasteiger partial charge in [0.05, 0.1) is 19.3 Å². The van der Waals surface area contributed by atoms with Crippen molar-refractivity contribution < 1.29 is 14.6 Å². The number of likely N-dealkylation sites (tertiary alicyclic amines) is 1. The average Bonchev–Trinajstić information content (AvgIpc) is 3.09. The number of aliphatic hydroxyl groups is 1. The largest absolute Gasteiger partial charge is 0.391 e. The fourth-order valence-electron chi connectivity index (χ4n) is 3.35. The lowest BCUT2D eigenvalue weighted by Gasteiger charge is -2.36. The third-order valence-electron chi connectivity index (χ3n) is 4.76. The third kappa shape index (κ3) is 5.26. The van der Waals surface area contributed by atoms with E-state index < -0.39 is 0 Å². The van der Waals surface area contributed by atoms with Crippen LogP contribution < -0.4 is 5.32 Å². The van der Waals surface area contributed by atoms with Crippen LogP contribution in [0.25, 0.3) is 0 Å². The van der Waals surface area contributed by atoms with Crippen molar-refractivity contribution in [3.05, 3.63) is 35.9 Å². The smallest absolute Gasteiger partial charge is 0.159 e. The van der Waals surface area contributed by atoms with Crippen molar-refractivity contribution in [1.82, 2.24) is 10.2 Å². The number of nitrogens with one attached hydrogen (secondary N) is 1. The minimum Gasteiger partial charge on any atom is -0.391 e. The highest BCUT2D eigenvalue weighted by molar-refractivity contribution is 5.14. The van der Waals surface area contributed by atoms with E-state index in [4.69, 9.17) is 9.47 Å². The maximum absolute atomic E-state index is 10.4. The molecule has 0 saturated carbocycles. The van der Waals surface area contributed by atoms with Gasteiger partial charge in [0.25, 0.3) is 0 Å². The van der Waals surface area contributed by atoms with E-state index in [0.29, 0.717) is 19.1 Å². The summed E-state index contributed by atoms with van der Waals surface area (Å²) in [6, 6.07) is 10.4. The topological polar surface area (TPSA) is 54.0 Å². The van der Waals surface area contributed by atoms with Gasteiger partial charge in [0.15, 0.2) is 6.29 Å². The lowest BCUT2D eigenvalue weighted by molar-refractivity contribution is -0.0577. The molecular formula is C18H28N2O3. The molecule has 1 aromatic rings. The van der Waals surface area contributed by atoms with Gasteiger partial charge >= 0.3 is 0 Å². The summed E-state index contributed by atoms with van der Waals surface area (Å²) in [6.45, 7) is 5.89. The van der Waals surface area contributed by atoms with Gasteiger partial charge in [0.1, 0.15) is 0 Å². The molecule has 2 aliphatic heterocycles. The molecular weight excluding hydrogens is 292 g/mol. The zero-order valence-corrected chi connectivity index (χ0v) is 13.7. The van der Waals surface area contributed by atoms with Crippen molar-refractivity contribution in [1.29, 1.82) is 0 Å². The average molecular weight is 320 g/mol. The van der Waals surface area contributed by atoms with E-state index in [0.717, 1.165) is 45.6 Å². The second kappa shape index (κ2) is 8.76. The molecule has 2 saturated heterocycles. The number of nitrogens with zero attached hydrogens (tertiary/aromatic N) is 1. The van der Waals surface area contributed by atoms with Crippen LogP contribution in [0.2, 0.25) is 0 Å². The van der Waals surface area contributed by atoms with Crippen LogP contribution >= 0.6 is 0 Å². The summed E-state index contributed by atoms with van der Waals surface area (Å²) in [7, 11) is 0. The summed E-state index contributed by atoms with van der Waals surface area (Å²) in [5.41, 5.74) is 1.29. The Morgan fingerprint density at radius 3 is 2.70 bits per heavy atom. The second-order valence-electron chi connectivity index (χ2n) is 6.49. The minimum atomic E-state index is -0.252. The summed E-state index contributed by atoms with van der Waals surface area (Å²) in [4.78, 5) is 2.32. The van der Waals surface area contributed by atoms with Crippen LogP contribution in [0.1, 0.15) is 18.4 Å². The fourth-order valence-corrected chi connectivity index (χ4v) is 3.35. The molecule has 2 heterocycles. The van der Waals surface area contributed by atoms with Gasteiger partial charge < -0.3 is 24.8 Å². The molecule has 0 bridgehead atoms. The summed E-state index contributed by atoms with van der Waals surface area (Å²) in [5.74, 6) is 0.342. The Hall–Kier alpha value is -0.980. The molecule has 23 heavy (non-hydrogen) atoms. The molecule has 0 amide bonds. The number of rotatable bonds is 7. The van der Waals surface area contributed by atoms with Gasteiger partial charge in [-0.1, -0.05) is 30.3 Å². The molecule has 3 rings (SSSR count). The number of piperidine rings is 1. The van der Waals surface area contributed by atoms with Crippen LogP contribution in [0, 0.1) is 5.92 Å². The van der Waals surface area contributed by atoms with Gasteiger partial charge in [-0.3, -0.25) is 0 Å². The number of hydrogen-bond donors (Lipinski definition) is 2. The number of ether oxygens (including phenoxy) is 2. The molecule has 1 aromatic carbocycles. The Labute approximate surface area is 138 Å². The first-order valence-electron chi connectivity index (χ1n) is 8.69. The molecule has 5 heteroatoms. The van der Waals surface area contributed by atoms with Crippen LogP contribution in [0.3, 0.4) is 0 Å². The first kappa shape index (κ1) is 16.9. The Kier molecular flexibility index (Phi) is 6.42. The van der Waals surface area contributed by atoms with Crippen molar-refractivity contribution in [3.63, 3.8) is 0 Å². The zero-order chi connectivity index (χ0) is 15.9. The maximum atomic E-state index is 10.4. The maximum Gasteiger partial charge on any atom is 0.159 e. The third-order valence-corrected chi connectivity index (χ3v) is 4.76. The number of aliphatic hydroxyl groups excluding tert-OH is 1. The van der Waals surface area contributed by atoms with Gasteiger partial charge in [-0.25, -0.2) is 0 Å². The number of benzene rings is 1. The molecule has 2 fully saturated rings. The van der Waals surface area contributed by atoms with E-state index in [2.05, 4.69) is 34.5 Å². The molecule has 2 N–H and O–H groups in total. The van der Waals surface area contributed by atoms with Gasteiger partial charge in [-0.05, 0) is 24.4 Å². The van der Waals surface area contributed by atoms with Crippen molar-refractivity contribution in [2.75, 3.05) is 39.4 Å². The van der Waals surface area contributed by atoms with Gasteiger partial charge in [-0.2, -0.15) is 0 Å². The van der Waals surface area contributed by atoms with Gasteiger partial charge in [0, 0.05) is 32.6 Å². The summed E-state index contributed by atoms with van der Waals surface area (Å²) >= 11 is 0. The molecule has 128 valence electrons. The monoisotopic (exact) mass is 320 g/mol. The summed E-state index contributed by atoms with van der Waals surface area (Å²) in [5, 5.41) is 13.9. The minimum absolute atomic E-state index is 0.0441. The molecule has 0 spiro atoms. The standard InChI is InChI=1S/C18H28N2O3/c21-17-14-20(9-7-18-22-10-11-23-18)8-6-16(17)13-19-12-15-4-2-1-3-5-15/h1-5,16-19,21H,6-14H2. The molecule has 2 unspecified atom stereocenters. The highest BCUT2D eigenvalue weighted by atomic mass is 16.7. The normalized spacial score (nSPS) is 26.7. The van der Waals surface area contributed by atoms with Crippen molar-refractivity contribution in [2.24, 2.45) is 5.92 Å². The van der Waals surface area contributed by atoms with Crippen LogP contribution in [0.5, 0.6) is 0 Å². The van der Waals surface area contributed by atoms with Crippen molar-refractivity contribution >= 4 is 0 Å². The number of β-amino-alcohol motifs (C(OH)–C–C–N with tert-alkyl or cyclic N) is 1. The Bertz CT molecular complexity index is 451. The Morgan fingerprint density at radius 2 is 1.96 bits per heavy atom. The van der Waals surface area contributed by atoms with Crippen LogP contribution in [0.15, 0.2) is 30.3 Å². The zero-order valence-electron chi connectivity index (χ0n) is 13.7. The molecule has 5 nitrogen and oxygen atoms in total. The molecule has 2 aliphatic rings. The van der Waals surface area contributed by atoms with Gasteiger partial charge in [0.2, 0.25) is 0 Å². The summed E-state index contributed by atoms with van der Waals surface area (Å²) in [6.07, 6.45) is 1.63. The first-order chi connectivity index (χ1) is 11.3. The van der Waals surface area contributed by atoms with Crippen LogP contribution in [0.4, 0.5) is 0 Å². The van der Waals surface area contributed by atoms with Crippen LogP contribution in [-0.4, -0.2) is 61.8 Å². The molecule has 0 aliphatic carbocycles. The quantitative estimate of drug-likeness (QED) is 0.791. The van der Waals surface area contributed by atoms with E-state index in [1.807, 2.05) is 6.07 Å². The van der Waals surface area contributed by atoms with E-state index in [9.17, 15) is 5.11 Å². The molecule has 0 radical (unpaired) electrons. The Morgan fingerprint density at radius 1 is 1.17 bits per heavy atom. The predicted octanol–water partition coefficient (Wildman–Crippen LogP) is 1.22. The van der Waals surface area contributed by atoms with E-state index in [-0.39, 0.29) is 12.4 Å². The van der Waals surface area contributed by atoms with Crippen molar-refractivity contribution in [3.8, 4) is 0 Å². The molecule has 2 atom stereocenters. The highest BCUT2D eigenvalue weighted by Gasteiger charge is 2.28. The van der Waals surface area contributed by atoms with E-state index in [1.54, 1.807) is 0 Å². The molecule has 0 aromatic heterocycles. The fraction of sp³-hybridized carbons (Fsp3) is 0.667. The van der Waals surface area contributed by atoms with Gasteiger partial charge in [-0.15, -0.1) is 0 Å². The SMILES string of the molecule is OC1CN(CCC2OCCO2)CCC1CNCc1ccccc1. The highest BCUT2D eigenvalue weighted by Crippen LogP contribution is 2.19. The van der Waals surface area contributed by atoms with Crippen LogP contribution in [-0.2, 0) is 16.0 Å². The van der Waals surface area contributed by atoms with E-state index in [1.165, 1.54) is 5.56 Å².